The number of aryl methyl sites for hydroxylation is 1. The van der Waals surface area contributed by atoms with Gasteiger partial charge in [0, 0.05) is 44.3 Å². The van der Waals surface area contributed by atoms with E-state index in [0.29, 0.717) is 23.6 Å². The van der Waals surface area contributed by atoms with Crippen LogP contribution in [0.15, 0.2) is 47.0 Å². The van der Waals surface area contributed by atoms with Crippen molar-refractivity contribution in [2.45, 2.75) is 12.0 Å². The molecule has 1 aliphatic rings. The number of likely N-dealkylation sites (N-methyl/N-ethyl adjacent to an activating group) is 1. The third-order valence-electron chi connectivity index (χ3n) is 5.60. The lowest BCUT2D eigenvalue weighted by Crippen LogP contribution is -2.35. The number of nitrogens with two attached hydrogens (primary N) is 1. The number of carbonyl (C=O) groups is 1. The molecule has 0 radical (unpaired) electrons. The maximum Gasteiger partial charge on any atom is 0.262 e. The van der Waals surface area contributed by atoms with E-state index < -0.39 is 5.60 Å². The largest absolute Gasteiger partial charge is 0.380 e. The summed E-state index contributed by atoms with van der Waals surface area (Å²) in [5.74, 6) is 0.150. The van der Waals surface area contributed by atoms with Gasteiger partial charge in [0.25, 0.3) is 5.91 Å². The van der Waals surface area contributed by atoms with Crippen molar-refractivity contribution in [2.24, 2.45) is 7.05 Å². The van der Waals surface area contributed by atoms with Crippen LogP contribution in [0.5, 0.6) is 0 Å². The van der Waals surface area contributed by atoms with Crippen LogP contribution in [0, 0.1) is 0 Å². The Bertz CT molecular complexity index is 1290. The lowest BCUT2D eigenvalue weighted by Gasteiger charge is -2.16. The second-order valence-electron chi connectivity index (χ2n) is 7.57. The Morgan fingerprint density at radius 2 is 1.90 bits per heavy atom. The smallest absolute Gasteiger partial charge is 0.262 e. The Morgan fingerprint density at radius 3 is 2.63 bits per heavy atom. The van der Waals surface area contributed by atoms with Gasteiger partial charge in [0.15, 0.2) is 11.6 Å². The van der Waals surface area contributed by atoms with Crippen LogP contribution in [-0.4, -0.2) is 49.4 Å². The van der Waals surface area contributed by atoms with Crippen molar-refractivity contribution in [1.29, 1.82) is 0 Å². The Morgan fingerprint density at radius 1 is 1.13 bits per heavy atom. The van der Waals surface area contributed by atoms with Gasteiger partial charge in [-0.3, -0.25) is 9.48 Å². The van der Waals surface area contributed by atoms with Gasteiger partial charge in [-0.1, -0.05) is 23.4 Å². The minimum atomic E-state index is -1.66. The van der Waals surface area contributed by atoms with Crippen LogP contribution in [0.1, 0.15) is 12.2 Å². The minimum absolute atomic E-state index is 0.153. The number of rotatable bonds is 3. The highest BCUT2D eigenvalue weighted by molar-refractivity contribution is 5.88. The van der Waals surface area contributed by atoms with Gasteiger partial charge < -0.3 is 20.3 Å². The SMILES string of the molecule is CN1CC[C@@](O)(c2cc(-c3cccc(-c4ccc5c(n4)c(N)nn5C)c3)no2)C1=O. The summed E-state index contributed by atoms with van der Waals surface area (Å²) in [5, 5.41) is 19.1. The zero-order valence-electron chi connectivity index (χ0n) is 16.5. The third-order valence-corrected chi connectivity index (χ3v) is 5.60. The number of likely N-dealkylation sites (tertiary alicyclic amines) is 1. The predicted octanol–water partition coefficient (Wildman–Crippen LogP) is 1.92. The molecular formula is C21H20N6O3. The quantitative estimate of drug-likeness (QED) is 0.535. The predicted molar refractivity (Wildman–Crippen MR) is 110 cm³/mol. The first-order chi connectivity index (χ1) is 14.4. The fraction of sp³-hybridized carbons (Fsp3) is 0.238. The number of aromatic nitrogens is 4. The van der Waals surface area contributed by atoms with E-state index in [1.54, 1.807) is 17.8 Å². The van der Waals surface area contributed by atoms with Crippen molar-refractivity contribution < 1.29 is 14.4 Å². The fourth-order valence-electron chi connectivity index (χ4n) is 3.85. The Labute approximate surface area is 171 Å². The molecule has 5 rings (SSSR count). The molecule has 0 spiro atoms. The molecule has 30 heavy (non-hydrogen) atoms. The molecule has 1 aliphatic heterocycles. The number of hydrogen-bond acceptors (Lipinski definition) is 7. The van der Waals surface area contributed by atoms with Crippen molar-refractivity contribution in [3.8, 4) is 22.5 Å². The van der Waals surface area contributed by atoms with Gasteiger partial charge in [-0.25, -0.2) is 4.98 Å². The molecule has 4 aromatic rings. The first-order valence-electron chi connectivity index (χ1n) is 9.52. The van der Waals surface area contributed by atoms with E-state index in [0.717, 1.165) is 22.3 Å². The number of hydrogen-bond donors (Lipinski definition) is 2. The molecule has 0 saturated carbocycles. The maximum atomic E-state index is 12.3. The summed E-state index contributed by atoms with van der Waals surface area (Å²) in [6.45, 7) is 0.465. The van der Waals surface area contributed by atoms with Gasteiger partial charge in [0.1, 0.15) is 11.2 Å². The molecule has 4 heterocycles. The summed E-state index contributed by atoms with van der Waals surface area (Å²) in [7, 11) is 3.48. The molecule has 9 heteroatoms. The highest BCUT2D eigenvalue weighted by atomic mass is 16.5. The normalized spacial score (nSPS) is 19.2. The van der Waals surface area contributed by atoms with Crippen LogP contribution >= 0.6 is 0 Å². The van der Waals surface area contributed by atoms with Crippen molar-refractivity contribution in [1.82, 2.24) is 24.8 Å². The van der Waals surface area contributed by atoms with E-state index in [-0.39, 0.29) is 18.1 Å². The Hall–Kier alpha value is -3.72. The fourth-order valence-corrected chi connectivity index (χ4v) is 3.85. The second kappa shape index (κ2) is 6.39. The number of nitrogens with zero attached hydrogens (tertiary/aromatic N) is 5. The van der Waals surface area contributed by atoms with Gasteiger partial charge in [-0.15, -0.1) is 0 Å². The molecule has 9 nitrogen and oxygen atoms in total. The molecule has 1 atom stereocenters. The Kier molecular flexibility index (Phi) is 3.90. The monoisotopic (exact) mass is 404 g/mol. The molecule has 1 aromatic carbocycles. The van der Waals surface area contributed by atoms with Crippen LogP contribution < -0.4 is 5.73 Å². The average Bonchev–Trinajstić information content (AvgIpc) is 3.43. The summed E-state index contributed by atoms with van der Waals surface area (Å²) in [4.78, 5) is 18.4. The summed E-state index contributed by atoms with van der Waals surface area (Å²) in [5.41, 5.74) is 8.74. The highest BCUT2D eigenvalue weighted by Gasteiger charge is 2.48. The third kappa shape index (κ3) is 2.66. The van der Waals surface area contributed by atoms with Gasteiger partial charge in [-0.2, -0.15) is 5.10 Å². The summed E-state index contributed by atoms with van der Waals surface area (Å²) < 4.78 is 7.05. The average molecular weight is 404 g/mol. The summed E-state index contributed by atoms with van der Waals surface area (Å²) in [6, 6.07) is 13.1. The molecule has 1 amide bonds. The number of amides is 1. The zero-order chi connectivity index (χ0) is 21.0. The van der Waals surface area contributed by atoms with Crippen molar-refractivity contribution >= 4 is 22.8 Å². The lowest BCUT2D eigenvalue weighted by atomic mass is 9.97. The first kappa shape index (κ1) is 18.3. The van der Waals surface area contributed by atoms with E-state index in [4.69, 9.17) is 10.3 Å². The van der Waals surface area contributed by atoms with E-state index in [9.17, 15) is 9.90 Å². The molecule has 3 aromatic heterocycles. The maximum absolute atomic E-state index is 12.3. The summed E-state index contributed by atoms with van der Waals surface area (Å²) >= 11 is 0. The second-order valence-corrected chi connectivity index (χ2v) is 7.57. The van der Waals surface area contributed by atoms with E-state index in [2.05, 4.69) is 15.2 Å². The number of aliphatic hydroxyl groups is 1. The molecule has 3 N–H and O–H groups in total. The molecule has 1 saturated heterocycles. The topological polar surface area (TPSA) is 123 Å². The lowest BCUT2D eigenvalue weighted by molar-refractivity contribution is -0.144. The van der Waals surface area contributed by atoms with Gasteiger partial charge in [0.2, 0.25) is 5.60 Å². The van der Waals surface area contributed by atoms with Crippen molar-refractivity contribution in [2.75, 3.05) is 19.3 Å². The highest BCUT2D eigenvalue weighted by Crippen LogP contribution is 2.35. The Balaban J connectivity index is 1.51. The number of anilines is 1. The van der Waals surface area contributed by atoms with Crippen LogP contribution in [0.2, 0.25) is 0 Å². The minimum Gasteiger partial charge on any atom is -0.380 e. The van der Waals surface area contributed by atoms with Crippen LogP contribution in [0.3, 0.4) is 0 Å². The van der Waals surface area contributed by atoms with E-state index in [1.807, 2.05) is 43.4 Å². The molecular weight excluding hydrogens is 384 g/mol. The molecule has 0 unspecified atom stereocenters. The number of carbonyl (C=O) groups excluding carboxylic acids is 1. The van der Waals surface area contributed by atoms with Crippen LogP contribution in [-0.2, 0) is 17.4 Å². The number of fused-ring (bicyclic) bond motifs is 1. The molecule has 0 bridgehead atoms. The van der Waals surface area contributed by atoms with Crippen LogP contribution in [0.4, 0.5) is 5.82 Å². The molecule has 1 fully saturated rings. The van der Waals surface area contributed by atoms with Crippen LogP contribution in [0.25, 0.3) is 33.5 Å². The zero-order valence-corrected chi connectivity index (χ0v) is 16.5. The van der Waals surface area contributed by atoms with Gasteiger partial charge in [-0.05, 0) is 18.2 Å². The number of pyridine rings is 1. The molecule has 0 aliphatic carbocycles. The van der Waals surface area contributed by atoms with Crippen molar-refractivity contribution in [3.63, 3.8) is 0 Å². The van der Waals surface area contributed by atoms with E-state index >= 15 is 0 Å². The number of nitrogen functional groups attached to an aromatic ring is 1. The molecule has 152 valence electrons. The van der Waals surface area contributed by atoms with Crippen molar-refractivity contribution in [3.05, 3.63) is 48.2 Å². The summed E-state index contributed by atoms with van der Waals surface area (Å²) in [6.07, 6.45) is 0.271. The first-order valence-corrected chi connectivity index (χ1v) is 9.52. The van der Waals surface area contributed by atoms with E-state index in [1.165, 1.54) is 4.90 Å². The van der Waals surface area contributed by atoms with Gasteiger partial charge >= 0.3 is 0 Å². The van der Waals surface area contributed by atoms with Gasteiger partial charge in [0.05, 0.1) is 11.2 Å². The standard InChI is InChI=1S/C21H20N6O3/c1-26-9-8-21(29,20(26)28)17-11-15(25-30-17)13-5-3-4-12(10-13)14-6-7-16-18(23-14)19(22)24-27(16)2/h3-7,10-11,29H,8-9H2,1-2H3,(H2,22,24)/t21-/m1/s1. The number of benzene rings is 1.